The van der Waals surface area contributed by atoms with E-state index in [4.69, 9.17) is 0 Å². The highest BCUT2D eigenvalue weighted by Gasteiger charge is 2.28. The molecule has 1 aliphatic carbocycles. The van der Waals surface area contributed by atoms with E-state index in [0.29, 0.717) is 23.5 Å². The Bertz CT molecular complexity index is 978. The number of hydrogen-bond donors (Lipinski definition) is 0. The number of tetrazole rings is 1. The van der Waals surface area contributed by atoms with Crippen LogP contribution >= 0.6 is 11.8 Å². The highest BCUT2D eigenvalue weighted by Crippen LogP contribution is 2.36. The van der Waals surface area contributed by atoms with Crippen molar-refractivity contribution in [2.75, 3.05) is 12.8 Å². The molecule has 1 aliphatic rings. The van der Waals surface area contributed by atoms with E-state index in [-0.39, 0.29) is 5.91 Å². The van der Waals surface area contributed by atoms with Crippen LogP contribution in [0, 0.1) is 13.8 Å². The lowest BCUT2D eigenvalue weighted by molar-refractivity contribution is -0.127. The van der Waals surface area contributed by atoms with E-state index in [2.05, 4.69) is 20.6 Å². The maximum absolute atomic E-state index is 12.6. The van der Waals surface area contributed by atoms with Crippen LogP contribution < -0.4 is 0 Å². The maximum Gasteiger partial charge on any atom is 0.233 e. The third kappa shape index (κ3) is 3.80. The molecule has 1 amide bonds. The fourth-order valence-electron chi connectivity index (χ4n) is 3.11. The molecule has 0 atom stereocenters. The molecule has 0 N–H and O–H groups in total. The summed E-state index contributed by atoms with van der Waals surface area (Å²) < 4.78 is 3.76. The first-order chi connectivity index (χ1) is 13.5. The third-order valence-electron chi connectivity index (χ3n) is 4.94. The van der Waals surface area contributed by atoms with Gasteiger partial charge in [-0.1, -0.05) is 30.0 Å². The van der Waals surface area contributed by atoms with Gasteiger partial charge in [0.1, 0.15) is 0 Å². The highest BCUT2D eigenvalue weighted by atomic mass is 32.2. The summed E-state index contributed by atoms with van der Waals surface area (Å²) in [5.74, 6) is 0.357. The van der Waals surface area contributed by atoms with E-state index in [0.717, 1.165) is 35.5 Å². The molecule has 0 unspecified atom stereocenters. The number of carbonyl (C=O) groups excluding carboxylic acids is 1. The molecule has 28 heavy (non-hydrogen) atoms. The SMILES string of the molecule is Cc1nn(-c2ccccc2)c(C)c1CN(C)C(=O)CSc1nnnn1C1CC1. The number of aromatic nitrogens is 6. The molecule has 8 nitrogen and oxygen atoms in total. The quantitative estimate of drug-likeness (QED) is 0.570. The molecule has 0 saturated heterocycles. The van der Waals surface area contributed by atoms with Crippen LogP contribution in [-0.2, 0) is 11.3 Å². The van der Waals surface area contributed by atoms with Gasteiger partial charge in [-0.15, -0.1) is 5.10 Å². The normalized spacial score (nSPS) is 13.7. The molecular formula is C19H23N7OS. The van der Waals surface area contributed by atoms with Crippen molar-refractivity contribution >= 4 is 17.7 Å². The van der Waals surface area contributed by atoms with Crippen LogP contribution in [0.2, 0.25) is 0 Å². The lowest BCUT2D eigenvalue weighted by atomic mass is 10.2. The second kappa shape index (κ2) is 7.75. The van der Waals surface area contributed by atoms with Crippen molar-refractivity contribution in [3.05, 3.63) is 47.3 Å². The van der Waals surface area contributed by atoms with Crippen LogP contribution in [-0.4, -0.2) is 53.6 Å². The smallest absolute Gasteiger partial charge is 0.233 e. The Morgan fingerprint density at radius 2 is 2.00 bits per heavy atom. The molecular weight excluding hydrogens is 374 g/mol. The Labute approximate surface area is 167 Å². The molecule has 0 aliphatic heterocycles. The summed E-state index contributed by atoms with van der Waals surface area (Å²) in [6.07, 6.45) is 2.22. The predicted octanol–water partition coefficient (Wildman–Crippen LogP) is 2.56. The summed E-state index contributed by atoms with van der Waals surface area (Å²) in [4.78, 5) is 14.4. The second-order valence-corrected chi connectivity index (χ2v) is 8.01. The van der Waals surface area contributed by atoms with Gasteiger partial charge in [0.2, 0.25) is 11.1 Å². The minimum absolute atomic E-state index is 0.0432. The van der Waals surface area contributed by atoms with Crippen LogP contribution in [0.4, 0.5) is 0 Å². The number of thioether (sulfide) groups is 1. The van der Waals surface area contributed by atoms with Crippen LogP contribution in [0.3, 0.4) is 0 Å². The maximum atomic E-state index is 12.6. The zero-order valence-electron chi connectivity index (χ0n) is 16.2. The number of rotatable bonds is 7. The molecule has 0 radical (unpaired) electrons. The summed E-state index contributed by atoms with van der Waals surface area (Å²) in [5, 5.41) is 17.2. The fraction of sp³-hybridized carbons (Fsp3) is 0.421. The topological polar surface area (TPSA) is 81.7 Å². The Morgan fingerprint density at radius 1 is 1.25 bits per heavy atom. The molecule has 0 bridgehead atoms. The van der Waals surface area contributed by atoms with Gasteiger partial charge in [-0.25, -0.2) is 9.36 Å². The van der Waals surface area contributed by atoms with Crippen molar-refractivity contribution in [3.8, 4) is 5.69 Å². The number of amides is 1. The number of benzene rings is 1. The van der Waals surface area contributed by atoms with E-state index < -0.39 is 0 Å². The second-order valence-electron chi connectivity index (χ2n) is 7.07. The standard InChI is InChI=1S/C19H23N7OS/c1-13-17(14(2)25(21-13)15-7-5-4-6-8-15)11-24(3)18(27)12-28-19-20-22-23-26(19)16-9-10-16/h4-8,16H,9-12H2,1-3H3. The van der Waals surface area contributed by atoms with E-state index in [1.807, 2.05) is 60.6 Å². The van der Waals surface area contributed by atoms with Gasteiger partial charge in [-0.2, -0.15) is 5.10 Å². The average Bonchev–Trinajstić information content (AvgIpc) is 3.38. The number of nitrogens with zero attached hydrogens (tertiary/aromatic N) is 7. The molecule has 146 valence electrons. The zero-order valence-corrected chi connectivity index (χ0v) is 17.1. The van der Waals surface area contributed by atoms with Crippen LogP contribution in [0.15, 0.2) is 35.5 Å². The summed E-state index contributed by atoms with van der Waals surface area (Å²) in [5.41, 5.74) is 4.08. The Balaban J connectivity index is 1.41. The predicted molar refractivity (Wildman–Crippen MR) is 106 cm³/mol. The van der Waals surface area contributed by atoms with Crippen molar-refractivity contribution in [2.24, 2.45) is 0 Å². The summed E-state index contributed by atoms with van der Waals surface area (Å²) in [7, 11) is 1.82. The summed E-state index contributed by atoms with van der Waals surface area (Å²) in [6.45, 7) is 4.55. The lowest BCUT2D eigenvalue weighted by Gasteiger charge is -2.17. The molecule has 4 rings (SSSR count). The van der Waals surface area contributed by atoms with Crippen LogP contribution in [0.1, 0.15) is 35.8 Å². The molecule has 1 saturated carbocycles. The first-order valence-electron chi connectivity index (χ1n) is 9.29. The number of aryl methyl sites for hydroxylation is 1. The van der Waals surface area contributed by atoms with E-state index in [1.54, 1.807) is 4.90 Å². The molecule has 3 aromatic rings. The van der Waals surface area contributed by atoms with Gasteiger partial charge in [-0.05, 0) is 49.2 Å². The molecule has 2 heterocycles. The summed E-state index contributed by atoms with van der Waals surface area (Å²) in [6, 6.07) is 10.4. The first-order valence-corrected chi connectivity index (χ1v) is 10.3. The Kier molecular flexibility index (Phi) is 5.17. The molecule has 9 heteroatoms. The average molecular weight is 398 g/mol. The Morgan fingerprint density at radius 3 is 2.71 bits per heavy atom. The van der Waals surface area contributed by atoms with Crippen molar-refractivity contribution < 1.29 is 4.79 Å². The van der Waals surface area contributed by atoms with Crippen LogP contribution in [0.5, 0.6) is 0 Å². The van der Waals surface area contributed by atoms with Crippen molar-refractivity contribution in [3.63, 3.8) is 0 Å². The molecule has 1 aromatic carbocycles. The highest BCUT2D eigenvalue weighted by molar-refractivity contribution is 7.99. The third-order valence-corrected chi connectivity index (χ3v) is 5.86. The van der Waals surface area contributed by atoms with Gasteiger partial charge in [-0.3, -0.25) is 4.79 Å². The number of para-hydroxylation sites is 1. The first kappa shape index (κ1) is 18.7. The van der Waals surface area contributed by atoms with Gasteiger partial charge in [0.05, 0.1) is 23.2 Å². The number of carbonyl (C=O) groups is 1. The molecule has 1 fully saturated rings. The van der Waals surface area contributed by atoms with Crippen molar-refractivity contribution in [1.29, 1.82) is 0 Å². The van der Waals surface area contributed by atoms with E-state index >= 15 is 0 Å². The van der Waals surface area contributed by atoms with Crippen LogP contribution in [0.25, 0.3) is 5.69 Å². The minimum atomic E-state index is 0.0432. The van der Waals surface area contributed by atoms with Crippen molar-refractivity contribution in [2.45, 2.75) is 44.4 Å². The zero-order chi connectivity index (χ0) is 19.7. The minimum Gasteiger partial charge on any atom is -0.341 e. The van der Waals surface area contributed by atoms with E-state index in [1.165, 1.54) is 11.8 Å². The summed E-state index contributed by atoms with van der Waals surface area (Å²) >= 11 is 1.39. The Hall–Kier alpha value is -2.68. The fourth-order valence-corrected chi connectivity index (χ4v) is 4.00. The van der Waals surface area contributed by atoms with E-state index in [9.17, 15) is 4.79 Å². The van der Waals surface area contributed by atoms with Gasteiger partial charge in [0, 0.05) is 24.8 Å². The molecule has 2 aromatic heterocycles. The molecule has 0 spiro atoms. The van der Waals surface area contributed by atoms with Crippen molar-refractivity contribution in [1.82, 2.24) is 34.9 Å². The monoisotopic (exact) mass is 397 g/mol. The number of hydrogen-bond acceptors (Lipinski definition) is 6. The van der Waals surface area contributed by atoms with Gasteiger partial charge in [0.15, 0.2) is 0 Å². The lowest BCUT2D eigenvalue weighted by Crippen LogP contribution is -2.28. The van der Waals surface area contributed by atoms with Gasteiger partial charge >= 0.3 is 0 Å². The largest absolute Gasteiger partial charge is 0.341 e. The van der Waals surface area contributed by atoms with Gasteiger partial charge < -0.3 is 4.90 Å². The van der Waals surface area contributed by atoms with Gasteiger partial charge in [0.25, 0.3) is 0 Å².